The van der Waals surface area contributed by atoms with Crippen LogP contribution in [0.25, 0.3) is 0 Å². The molecule has 12 heavy (non-hydrogen) atoms. The number of carbonyl (C=O) groups is 3. The Bertz CT molecular complexity index is 222. The predicted octanol–water partition coefficient (Wildman–Crippen LogP) is 0.292. The standard InChI is InChI=1S/C7H9NO4/c1-2-3-12-7(11)8-5(9)4-6(8)10/h2-4H2,1H3. The lowest BCUT2D eigenvalue weighted by Crippen LogP contribution is -2.52. The molecular weight excluding hydrogens is 162 g/mol. The van der Waals surface area contributed by atoms with E-state index < -0.39 is 17.9 Å². The Labute approximate surface area is 69.3 Å². The highest BCUT2D eigenvalue weighted by Gasteiger charge is 2.40. The van der Waals surface area contributed by atoms with Crippen molar-refractivity contribution in [3.8, 4) is 0 Å². The minimum absolute atomic E-state index is 0.179. The maximum atomic E-state index is 10.9. The van der Waals surface area contributed by atoms with Crippen molar-refractivity contribution in [2.24, 2.45) is 0 Å². The average Bonchev–Trinajstić information content (AvgIpc) is 2.00. The van der Waals surface area contributed by atoms with Gasteiger partial charge in [-0.2, -0.15) is 4.90 Å². The van der Waals surface area contributed by atoms with E-state index in [4.69, 9.17) is 0 Å². The maximum absolute atomic E-state index is 10.9. The molecule has 0 N–H and O–H groups in total. The van der Waals surface area contributed by atoms with Crippen molar-refractivity contribution in [1.82, 2.24) is 4.90 Å². The zero-order valence-corrected chi connectivity index (χ0v) is 6.70. The number of ether oxygens (including phenoxy) is 1. The first-order chi connectivity index (χ1) is 5.66. The van der Waals surface area contributed by atoms with Gasteiger partial charge in [0.25, 0.3) is 0 Å². The molecule has 66 valence electrons. The fourth-order valence-electron chi connectivity index (χ4n) is 0.793. The zero-order chi connectivity index (χ0) is 9.14. The van der Waals surface area contributed by atoms with Gasteiger partial charge in [0, 0.05) is 0 Å². The second kappa shape index (κ2) is 3.34. The van der Waals surface area contributed by atoms with Gasteiger partial charge in [-0.15, -0.1) is 0 Å². The Morgan fingerprint density at radius 1 is 1.50 bits per heavy atom. The van der Waals surface area contributed by atoms with E-state index in [9.17, 15) is 14.4 Å². The number of hydrogen-bond acceptors (Lipinski definition) is 4. The van der Waals surface area contributed by atoms with Crippen LogP contribution in [0, 0.1) is 0 Å². The second-order valence-corrected chi connectivity index (χ2v) is 2.41. The summed E-state index contributed by atoms with van der Waals surface area (Å²) < 4.78 is 4.58. The van der Waals surface area contributed by atoms with E-state index in [1.165, 1.54) is 0 Å². The summed E-state index contributed by atoms with van der Waals surface area (Å²) in [7, 11) is 0. The van der Waals surface area contributed by atoms with Crippen LogP contribution in [0.4, 0.5) is 4.79 Å². The Hall–Kier alpha value is -1.39. The summed E-state index contributed by atoms with van der Waals surface area (Å²) in [6.45, 7) is 2.06. The molecule has 0 aromatic rings. The van der Waals surface area contributed by atoms with Crippen LogP contribution in [0.1, 0.15) is 19.8 Å². The number of nitrogens with zero attached hydrogens (tertiary/aromatic N) is 1. The minimum atomic E-state index is -0.849. The minimum Gasteiger partial charge on any atom is -0.449 e. The van der Waals surface area contributed by atoms with Crippen LogP contribution < -0.4 is 0 Å². The molecule has 1 saturated heterocycles. The van der Waals surface area contributed by atoms with Gasteiger partial charge in [-0.25, -0.2) is 4.79 Å². The number of β-lactam (4-membered cyclic amide) rings is 2. The first kappa shape index (κ1) is 8.70. The van der Waals surface area contributed by atoms with E-state index in [1.54, 1.807) is 0 Å². The number of amides is 3. The van der Waals surface area contributed by atoms with Gasteiger partial charge in [0.05, 0.1) is 6.61 Å². The number of carbonyl (C=O) groups excluding carboxylic acids is 3. The quantitative estimate of drug-likeness (QED) is 0.442. The zero-order valence-electron chi connectivity index (χ0n) is 6.70. The molecule has 1 aliphatic rings. The van der Waals surface area contributed by atoms with Crippen molar-refractivity contribution in [3.05, 3.63) is 0 Å². The molecule has 0 atom stereocenters. The molecule has 1 heterocycles. The summed E-state index contributed by atoms with van der Waals surface area (Å²) in [5.74, 6) is -0.970. The highest BCUT2D eigenvalue weighted by molar-refractivity contribution is 6.23. The molecule has 5 heteroatoms. The Morgan fingerprint density at radius 2 is 2.08 bits per heavy atom. The van der Waals surface area contributed by atoms with Crippen LogP contribution in [0.5, 0.6) is 0 Å². The SMILES string of the molecule is CCCOC(=O)N1C(=O)CC1=O. The van der Waals surface area contributed by atoms with Gasteiger partial charge in [-0.3, -0.25) is 9.59 Å². The summed E-state index contributed by atoms with van der Waals surface area (Å²) in [4.78, 5) is 32.7. The summed E-state index contributed by atoms with van der Waals surface area (Å²) in [5.41, 5.74) is 0. The van der Waals surface area contributed by atoms with Crippen LogP contribution in [-0.4, -0.2) is 29.4 Å². The molecule has 0 aliphatic carbocycles. The summed E-state index contributed by atoms with van der Waals surface area (Å²) in [6, 6.07) is 0. The Balaban J connectivity index is 2.41. The van der Waals surface area contributed by atoms with E-state index in [2.05, 4.69) is 4.74 Å². The molecule has 5 nitrogen and oxygen atoms in total. The van der Waals surface area contributed by atoms with Gasteiger partial charge < -0.3 is 4.74 Å². The third kappa shape index (κ3) is 1.44. The molecule has 1 rings (SSSR count). The lowest BCUT2D eigenvalue weighted by atomic mass is 10.2. The van der Waals surface area contributed by atoms with Gasteiger partial charge in [0.15, 0.2) is 0 Å². The first-order valence-corrected chi connectivity index (χ1v) is 3.69. The van der Waals surface area contributed by atoms with E-state index in [1.807, 2.05) is 6.92 Å². The van der Waals surface area contributed by atoms with Crippen molar-refractivity contribution in [1.29, 1.82) is 0 Å². The maximum Gasteiger partial charge on any atom is 0.423 e. The van der Waals surface area contributed by atoms with Crippen molar-refractivity contribution in [2.45, 2.75) is 19.8 Å². The molecule has 0 spiro atoms. The number of hydrogen-bond donors (Lipinski definition) is 0. The summed E-state index contributed by atoms with van der Waals surface area (Å²) >= 11 is 0. The molecule has 0 radical (unpaired) electrons. The number of rotatable bonds is 2. The second-order valence-electron chi connectivity index (χ2n) is 2.41. The molecule has 0 bridgehead atoms. The van der Waals surface area contributed by atoms with Gasteiger partial charge in [-0.1, -0.05) is 6.92 Å². The van der Waals surface area contributed by atoms with Gasteiger partial charge >= 0.3 is 6.09 Å². The molecule has 0 aromatic carbocycles. The van der Waals surface area contributed by atoms with Crippen molar-refractivity contribution < 1.29 is 19.1 Å². The van der Waals surface area contributed by atoms with E-state index in [0.29, 0.717) is 11.3 Å². The average molecular weight is 171 g/mol. The highest BCUT2D eigenvalue weighted by atomic mass is 16.6. The van der Waals surface area contributed by atoms with Crippen LogP contribution in [0.2, 0.25) is 0 Å². The van der Waals surface area contributed by atoms with E-state index in [0.717, 1.165) is 0 Å². The lowest BCUT2D eigenvalue weighted by Gasteiger charge is -2.24. The summed E-state index contributed by atoms with van der Waals surface area (Å²) in [6.07, 6.45) is -0.360. The topological polar surface area (TPSA) is 63.7 Å². The third-order valence-corrected chi connectivity index (χ3v) is 1.41. The van der Waals surface area contributed by atoms with Crippen LogP contribution in [-0.2, 0) is 14.3 Å². The predicted molar refractivity (Wildman–Crippen MR) is 38.1 cm³/mol. The van der Waals surface area contributed by atoms with Crippen molar-refractivity contribution in [2.75, 3.05) is 6.61 Å². The largest absolute Gasteiger partial charge is 0.449 e. The molecule has 0 aromatic heterocycles. The van der Waals surface area contributed by atoms with E-state index in [-0.39, 0.29) is 13.0 Å². The summed E-state index contributed by atoms with van der Waals surface area (Å²) in [5, 5.41) is 0. The van der Waals surface area contributed by atoms with Crippen LogP contribution in [0.3, 0.4) is 0 Å². The number of likely N-dealkylation sites (tertiary alicyclic amines) is 1. The molecule has 0 saturated carbocycles. The molecule has 1 fully saturated rings. The monoisotopic (exact) mass is 171 g/mol. The van der Waals surface area contributed by atoms with Gasteiger partial charge in [-0.05, 0) is 6.42 Å². The van der Waals surface area contributed by atoms with Crippen LogP contribution in [0.15, 0.2) is 0 Å². The lowest BCUT2D eigenvalue weighted by molar-refractivity contribution is -0.154. The highest BCUT2D eigenvalue weighted by Crippen LogP contribution is 2.12. The fourth-order valence-corrected chi connectivity index (χ4v) is 0.793. The normalized spacial score (nSPS) is 15.9. The fraction of sp³-hybridized carbons (Fsp3) is 0.571. The van der Waals surface area contributed by atoms with Crippen molar-refractivity contribution >= 4 is 17.9 Å². The Kier molecular flexibility index (Phi) is 2.42. The molecular formula is C7H9NO4. The molecule has 0 unspecified atom stereocenters. The van der Waals surface area contributed by atoms with Gasteiger partial charge in [0.2, 0.25) is 11.8 Å². The molecule has 3 amide bonds. The third-order valence-electron chi connectivity index (χ3n) is 1.41. The number of imide groups is 3. The first-order valence-electron chi connectivity index (χ1n) is 3.69. The van der Waals surface area contributed by atoms with E-state index >= 15 is 0 Å². The van der Waals surface area contributed by atoms with Crippen LogP contribution >= 0.6 is 0 Å². The van der Waals surface area contributed by atoms with Crippen molar-refractivity contribution in [3.63, 3.8) is 0 Å². The molecule has 1 aliphatic heterocycles. The smallest absolute Gasteiger partial charge is 0.423 e. The van der Waals surface area contributed by atoms with Gasteiger partial charge in [0.1, 0.15) is 6.42 Å². The Morgan fingerprint density at radius 3 is 2.50 bits per heavy atom.